The van der Waals surface area contributed by atoms with Crippen LogP contribution in [0.1, 0.15) is 30.4 Å². The van der Waals surface area contributed by atoms with Crippen LogP contribution in [0.4, 0.5) is 0 Å². The van der Waals surface area contributed by atoms with Crippen LogP contribution in [0, 0.1) is 3.80 Å². The van der Waals surface area contributed by atoms with Crippen molar-refractivity contribution in [2.75, 3.05) is 0 Å². The fraction of sp³-hybridized carbons (Fsp3) is 0.106. The number of nitrogens with zero attached hydrogens (tertiary/aromatic N) is 5. The number of hydrogen-bond acceptors (Lipinski definition) is 2. The van der Waals surface area contributed by atoms with E-state index in [1.54, 1.807) is 0 Å². The molecule has 11 rings (SSSR count). The maximum atomic E-state index is 8.36. The number of aryl methyl sites for hydroxylation is 1. The normalized spacial score (nSPS) is 13.6. The first kappa shape index (κ1) is 28.5. The molecular formula is C47H35N5OPt. The van der Waals surface area contributed by atoms with Gasteiger partial charge in [0.25, 0.3) is 0 Å². The van der Waals surface area contributed by atoms with Gasteiger partial charge in [0.2, 0.25) is 0 Å². The summed E-state index contributed by atoms with van der Waals surface area (Å²) in [7, 11) is 0. The van der Waals surface area contributed by atoms with E-state index in [0.29, 0.717) is 20.8 Å². The van der Waals surface area contributed by atoms with Gasteiger partial charge in [0, 0.05) is 27.7 Å². The second-order valence-electron chi connectivity index (χ2n) is 15.1. The third-order valence-electron chi connectivity index (χ3n) is 10.9. The molecule has 0 bridgehead atoms. The third kappa shape index (κ3) is 4.44. The molecule has 0 aliphatic rings. The first-order valence-corrected chi connectivity index (χ1v) is 19.2. The molecule has 5 aromatic heterocycles. The summed E-state index contributed by atoms with van der Waals surface area (Å²) in [6.07, 6.45) is 1.83. The maximum absolute atomic E-state index is 8.36. The van der Waals surface area contributed by atoms with Gasteiger partial charge in [-0.2, -0.15) is 0 Å². The molecule has 0 saturated carbocycles. The molecule has 0 atom stereocenters. The van der Waals surface area contributed by atoms with Crippen LogP contribution in [0.2, 0.25) is 0 Å². The molecule has 11 aromatic rings. The van der Waals surface area contributed by atoms with Crippen molar-refractivity contribution in [2.24, 2.45) is 6.98 Å². The molecule has 0 spiro atoms. The van der Waals surface area contributed by atoms with Crippen LogP contribution in [0.5, 0.6) is 11.5 Å². The molecule has 0 N–H and O–H groups in total. The molecule has 0 unspecified atom stereocenters. The van der Waals surface area contributed by atoms with Crippen LogP contribution in [0.25, 0.3) is 82.4 Å². The van der Waals surface area contributed by atoms with Crippen molar-refractivity contribution in [3.63, 3.8) is 0 Å². The molecule has 6 nitrogen and oxygen atoms in total. The molecule has 0 amide bonds. The number of benzene rings is 6. The number of hydrogen-bond donors (Lipinski definition) is 0. The average molecular weight is 884 g/mol. The Bertz CT molecular complexity index is 3490. The summed E-state index contributed by atoms with van der Waals surface area (Å²) in [5.41, 5.74) is 8.77. The monoisotopic (exact) mass is 883 g/mol. The van der Waals surface area contributed by atoms with Crippen molar-refractivity contribution >= 4 is 70.9 Å². The zero-order valence-corrected chi connectivity index (χ0v) is 32.0. The van der Waals surface area contributed by atoms with E-state index in [9.17, 15) is 0 Å². The Labute approximate surface area is 326 Å². The SMILES string of the molecule is [2H]C([2H])([2H])n1[c](=[Pt])n(-c2cc(Oc3ccc4c5cc6c7cccc8c9ccccc9n(c6cc5n(-c5ccccn5)c4c3)c87)cc(C(C)(C)C)c2)c2ccccc21. The molecule has 6 aromatic carbocycles. The van der Waals surface area contributed by atoms with Gasteiger partial charge in [0.15, 0.2) is 0 Å². The van der Waals surface area contributed by atoms with Crippen molar-refractivity contribution < 1.29 is 28.2 Å². The Morgan fingerprint density at radius 2 is 1.28 bits per heavy atom. The van der Waals surface area contributed by atoms with Crippen molar-refractivity contribution in [3.8, 4) is 23.0 Å². The predicted octanol–water partition coefficient (Wildman–Crippen LogP) is 11.8. The zero-order chi connectivity index (χ0) is 39.0. The van der Waals surface area contributed by atoms with Crippen molar-refractivity contribution in [2.45, 2.75) is 26.2 Å². The standard InChI is InChI=1S/C47H35N5O.Pt/c1-47(2,3)29-22-30(50-28-49(4)40-16-7-8-17-41(40)50)24-32(23-29)53-31-19-20-34-37-26-38-36-14-11-13-35-33-12-5-6-15-39(33)52(46(35)36)44(38)27-43(37)51(42(34)25-31)45-18-9-10-21-48-45;/h5-27H,1-4H3;/i4D3;. The number of fused-ring (bicyclic) bond motifs is 10. The Morgan fingerprint density at radius 1 is 0.574 bits per heavy atom. The van der Waals surface area contributed by atoms with Gasteiger partial charge in [-0.05, 0) is 12.1 Å². The van der Waals surface area contributed by atoms with Crippen molar-refractivity contribution in [3.05, 3.63) is 149 Å². The molecular weight excluding hydrogens is 846 g/mol. The number of ether oxygens (including phenoxy) is 1. The van der Waals surface area contributed by atoms with Crippen LogP contribution in [0.15, 0.2) is 140 Å². The van der Waals surface area contributed by atoms with E-state index in [0.717, 1.165) is 49.9 Å². The topological polar surface area (TPSA) is 41.3 Å². The summed E-state index contributed by atoms with van der Waals surface area (Å²) < 4.78 is 40.6. The summed E-state index contributed by atoms with van der Waals surface area (Å²) in [5.74, 6) is 2.16. The molecule has 7 heteroatoms. The van der Waals surface area contributed by atoms with E-state index in [2.05, 4.69) is 128 Å². The zero-order valence-electron chi connectivity index (χ0n) is 32.7. The van der Waals surface area contributed by atoms with Crippen LogP contribution in [-0.4, -0.2) is 23.1 Å². The quantitative estimate of drug-likeness (QED) is 0.177. The molecule has 0 radical (unpaired) electrons. The van der Waals surface area contributed by atoms with Crippen LogP contribution in [0.3, 0.4) is 0 Å². The second kappa shape index (κ2) is 11.3. The van der Waals surface area contributed by atoms with E-state index in [4.69, 9.17) is 13.8 Å². The number of rotatable bonds is 4. The van der Waals surface area contributed by atoms with E-state index in [1.807, 2.05) is 65.4 Å². The van der Waals surface area contributed by atoms with Gasteiger partial charge in [0.05, 0.1) is 16.6 Å². The van der Waals surface area contributed by atoms with Crippen LogP contribution in [-0.2, 0) is 31.7 Å². The Balaban J connectivity index is 1.13. The van der Waals surface area contributed by atoms with Gasteiger partial charge in [-0.25, -0.2) is 0 Å². The Hall–Kier alpha value is -5.97. The van der Waals surface area contributed by atoms with Crippen LogP contribution < -0.4 is 4.74 Å². The van der Waals surface area contributed by atoms with Gasteiger partial charge in [-0.15, -0.1) is 0 Å². The fourth-order valence-electron chi connectivity index (χ4n) is 8.42. The number of aromatic nitrogens is 5. The molecule has 264 valence electrons. The number of pyridine rings is 1. The molecule has 54 heavy (non-hydrogen) atoms. The minimum absolute atomic E-state index is 0.215. The summed E-state index contributed by atoms with van der Waals surface area (Å²) in [6.45, 7) is 4.17. The van der Waals surface area contributed by atoms with Crippen molar-refractivity contribution in [1.82, 2.24) is 23.1 Å². The summed E-state index contributed by atoms with van der Waals surface area (Å²) in [5, 5.41) is 7.21. The summed E-state index contributed by atoms with van der Waals surface area (Å²) >= 11 is 2.13. The molecule has 0 saturated heterocycles. The Kier molecular flexibility index (Phi) is 5.95. The molecule has 0 aliphatic carbocycles. The molecule has 5 heterocycles. The Morgan fingerprint density at radius 3 is 2.07 bits per heavy atom. The van der Waals surface area contributed by atoms with Gasteiger partial charge >= 0.3 is 224 Å². The predicted molar refractivity (Wildman–Crippen MR) is 217 cm³/mol. The van der Waals surface area contributed by atoms with E-state index in [1.165, 1.54) is 37.1 Å². The number of para-hydroxylation sites is 4. The van der Waals surface area contributed by atoms with Gasteiger partial charge in [-0.1, -0.05) is 42.5 Å². The van der Waals surface area contributed by atoms with E-state index in [-0.39, 0.29) is 5.41 Å². The van der Waals surface area contributed by atoms with Gasteiger partial charge in [0.1, 0.15) is 0 Å². The summed E-state index contributed by atoms with van der Waals surface area (Å²) in [4.78, 5) is 4.85. The van der Waals surface area contributed by atoms with Crippen LogP contribution >= 0.6 is 0 Å². The van der Waals surface area contributed by atoms with Crippen molar-refractivity contribution in [1.29, 1.82) is 0 Å². The van der Waals surface area contributed by atoms with Gasteiger partial charge in [-0.3, -0.25) is 0 Å². The average Bonchev–Trinajstić information content (AvgIpc) is 3.90. The fourth-order valence-corrected chi connectivity index (χ4v) is 9.26. The third-order valence-corrected chi connectivity index (χ3v) is 11.9. The summed E-state index contributed by atoms with van der Waals surface area (Å²) in [6, 6.07) is 46.1. The first-order valence-electron chi connectivity index (χ1n) is 19.5. The van der Waals surface area contributed by atoms with Gasteiger partial charge < -0.3 is 4.40 Å². The molecule has 0 aliphatic heterocycles. The first-order chi connectivity index (χ1) is 27.5. The molecule has 0 fully saturated rings. The number of imidazole rings is 1. The van der Waals surface area contributed by atoms with E-state index >= 15 is 0 Å². The van der Waals surface area contributed by atoms with E-state index < -0.39 is 6.98 Å². The second-order valence-corrected chi connectivity index (χ2v) is 16.1. The minimum atomic E-state index is -2.35.